The number of nitrogens with zero attached hydrogens (tertiary/aromatic N) is 2. The molecule has 0 unspecified atom stereocenters. The zero-order valence-corrected chi connectivity index (χ0v) is 11.9. The maximum Gasteiger partial charge on any atom is 0.326 e. The van der Waals surface area contributed by atoms with Gasteiger partial charge < -0.3 is 15.6 Å². The zero-order valence-electron chi connectivity index (χ0n) is 11.9. The van der Waals surface area contributed by atoms with Crippen LogP contribution in [0, 0.1) is 0 Å². The fourth-order valence-corrected chi connectivity index (χ4v) is 3.09. The monoisotopic (exact) mass is 288 g/mol. The number of carbonyl (C=O) groups excluding carboxylic acids is 1. The summed E-state index contributed by atoms with van der Waals surface area (Å²) in [6.07, 6.45) is 2.01. The molecule has 0 bridgehead atoms. The smallest absolute Gasteiger partial charge is 0.326 e. The average molecular weight is 288 g/mol. The number of H-pyrrole nitrogens is 1. The van der Waals surface area contributed by atoms with Crippen molar-refractivity contribution in [2.45, 2.75) is 25.3 Å². The number of piperidine rings is 1. The molecular weight excluding hydrogens is 268 g/mol. The number of benzene rings is 1. The molecule has 2 heterocycles. The van der Waals surface area contributed by atoms with E-state index in [1.165, 1.54) is 0 Å². The number of hydrogen-bond acceptors (Lipinski definition) is 3. The van der Waals surface area contributed by atoms with Gasteiger partial charge >= 0.3 is 5.69 Å². The first-order valence-corrected chi connectivity index (χ1v) is 7.38. The molecule has 1 aromatic heterocycles. The van der Waals surface area contributed by atoms with E-state index in [1.807, 2.05) is 33.7 Å². The third-order valence-electron chi connectivity index (χ3n) is 4.16. The van der Waals surface area contributed by atoms with Crippen molar-refractivity contribution in [2.24, 2.45) is 5.73 Å². The van der Waals surface area contributed by atoms with Gasteiger partial charge in [0, 0.05) is 32.1 Å². The molecule has 1 aliphatic rings. The Morgan fingerprint density at radius 3 is 2.71 bits per heavy atom. The van der Waals surface area contributed by atoms with Gasteiger partial charge in [-0.2, -0.15) is 0 Å². The van der Waals surface area contributed by atoms with Crippen LogP contribution in [0.3, 0.4) is 0 Å². The molecule has 1 amide bonds. The lowest BCUT2D eigenvalue weighted by Crippen LogP contribution is -2.41. The number of para-hydroxylation sites is 2. The summed E-state index contributed by atoms with van der Waals surface area (Å²) in [6.45, 7) is 1.77. The molecule has 0 saturated carbocycles. The lowest BCUT2D eigenvalue weighted by Gasteiger charge is -2.32. The van der Waals surface area contributed by atoms with E-state index in [-0.39, 0.29) is 17.6 Å². The standard InChI is InChI=1S/C15H20N4O2/c16-8-5-14(20)18-9-6-11(7-10-18)19-13-4-2-1-3-12(13)17-15(19)21/h1-4,11H,5-10,16H2,(H,17,21). The third-order valence-corrected chi connectivity index (χ3v) is 4.16. The van der Waals surface area contributed by atoms with Gasteiger partial charge in [0.2, 0.25) is 5.91 Å². The molecule has 1 aliphatic heterocycles. The van der Waals surface area contributed by atoms with E-state index in [2.05, 4.69) is 4.98 Å². The largest absolute Gasteiger partial charge is 0.343 e. The summed E-state index contributed by atoms with van der Waals surface area (Å²) in [6, 6.07) is 7.87. The van der Waals surface area contributed by atoms with E-state index >= 15 is 0 Å². The zero-order chi connectivity index (χ0) is 14.8. The van der Waals surface area contributed by atoms with E-state index in [1.54, 1.807) is 0 Å². The first kappa shape index (κ1) is 13.9. The Labute approximate surface area is 122 Å². The molecule has 0 radical (unpaired) electrons. The Kier molecular flexibility index (Phi) is 3.79. The van der Waals surface area contributed by atoms with Crippen molar-refractivity contribution in [2.75, 3.05) is 19.6 Å². The molecule has 0 spiro atoms. The van der Waals surface area contributed by atoms with E-state index in [0.717, 1.165) is 23.9 Å². The Morgan fingerprint density at radius 2 is 2.00 bits per heavy atom. The molecule has 3 rings (SSSR count). The first-order valence-electron chi connectivity index (χ1n) is 7.38. The third kappa shape index (κ3) is 2.58. The van der Waals surface area contributed by atoms with Crippen LogP contribution in [0.2, 0.25) is 0 Å². The average Bonchev–Trinajstić information content (AvgIpc) is 2.83. The molecule has 21 heavy (non-hydrogen) atoms. The van der Waals surface area contributed by atoms with Gasteiger partial charge in [-0.25, -0.2) is 4.79 Å². The van der Waals surface area contributed by atoms with Crippen LogP contribution >= 0.6 is 0 Å². The second-order valence-electron chi connectivity index (χ2n) is 5.47. The molecule has 6 heteroatoms. The summed E-state index contributed by atoms with van der Waals surface area (Å²) in [7, 11) is 0. The van der Waals surface area contributed by atoms with Crippen molar-refractivity contribution < 1.29 is 4.79 Å². The molecule has 1 saturated heterocycles. The Morgan fingerprint density at radius 1 is 1.29 bits per heavy atom. The van der Waals surface area contributed by atoms with Crippen LogP contribution in [0.5, 0.6) is 0 Å². The van der Waals surface area contributed by atoms with Crippen molar-refractivity contribution in [3.63, 3.8) is 0 Å². The van der Waals surface area contributed by atoms with E-state index < -0.39 is 0 Å². The number of amides is 1. The number of hydrogen-bond donors (Lipinski definition) is 2. The summed E-state index contributed by atoms with van der Waals surface area (Å²) < 4.78 is 1.83. The fraction of sp³-hybridized carbons (Fsp3) is 0.467. The highest BCUT2D eigenvalue weighted by atomic mass is 16.2. The number of carbonyl (C=O) groups is 1. The maximum atomic E-state index is 12.2. The molecule has 1 aromatic carbocycles. The van der Waals surface area contributed by atoms with Crippen LogP contribution in [0.1, 0.15) is 25.3 Å². The second kappa shape index (κ2) is 5.73. The number of imidazole rings is 1. The van der Waals surface area contributed by atoms with Crippen molar-refractivity contribution in [1.82, 2.24) is 14.5 Å². The molecule has 6 nitrogen and oxygen atoms in total. The minimum Gasteiger partial charge on any atom is -0.343 e. The van der Waals surface area contributed by atoms with E-state index in [9.17, 15) is 9.59 Å². The lowest BCUT2D eigenvalue weighted by atomic mass is 10.0. The molecule has 0 aliphatic carbocycles. The number of aromatic amines is 1. The summed E-state index contributed by atoms with van der Waals surface area (Å²) >= 11 is 0. The van der Waals surface area contributed by atoms with Crippen LogP contribution in [0.15, 0.2) is 29.1 Å². The van der Waals surface area contributed by atoms with Gasteiger partial charge in [-0.3, -0.25) is 9.36 Å². The van der Waals surface area contributed by atoms with Crippen LogP contribution in [0.25, 0.3) is 11.0 Å². The highest BCUT2D eigenvalue weighted by Crippen LogP contribution is 2.24. The molecule has 3 N–H and O–H groups in total. The summed E-state index contributed by atoms with van der Waals surface area (Å²) in [5, 5.41) is 0. The number of fused-ring (bicyclic) bond motifs is 1. The van der Waals surface area contributed by atoms with Gasteiger partial charge in [0.1, 0.15) is 0 Å². The van der Waals surface area contributed by atoms with Crippen molar-refractivity contribution in [3.8, 4) is 0 Å². The Bertz CT molecular complexity index is 695. The number of aromatic nitrogens is 2. The van der Waals surface area contributed by atoms with E-state index in [4.69, 9.17) is 5.73 Å². The second-order valence-corrected chi connectivity index (χ2v) is 5.47. The van der Waals surface area contributed by atoms with Gasteiger partial charge in [-0.15, -0.1) is 0 Å². The predicted molar refractivity (Wildman–Crippen MR) is 81.1 cm³/mol. The van der Waals surface area contributed by atoms with Crippen molar-refractivity contribution in [1.29, 1.82) is 0 Å². The van der Waals surface area contributed by atoms with Crippen LogP contribution in [0.4, 0.5) is 0 Å². The summed E-state index contributed by atoms with van der Waals surface area (Å²) in [5.74, 6) is 0.113. The Hall–Kier alpha value is -2.08. The minimum atomic E-state index is -0.0667. The van der Waals surface area contributed by atoms with Crippen molar-refractivity contribution >= 4 is 16.9 Å². The van der Waals surface area contributed by atoms with Crippen molar-refractivity contribution in [3.05, 3.63) is 34.7 Å². The SMILES string of the molecule is NCCC(=O)N1CCC(n2c(=O)[nH]c3ccccc32)CC1. The molecular formula is C15H20N4O2. The van der Waals surface area contributed by atoms with Gasteiger partial charge in [-0.1, -0.05) is 12.1 Å². The van der Waals surface area contributed by atoms with Gasteiger partial charge in [0.15, 0.2) is 0 Å². The molecule has 112 valence electrons. The Balaban J connectivity index is 1.79. The summed E-state index contributed by atoms with van der Waals surface area (Å²) in [4.78, 5) is 28.7. The number of rotatable bonds is 3. The van der Waals surface area contributed by atoms with Gasteiger partial charge in [0.25, 0.3) is 0 Å². The van der Waals surface area contributed by atoms with E-state index in [0.29, 0.717) is 26.1 Å². The quantitative estimate of drug-likeness (QED) is 0.878. The first-order chi connectivity index (χ1) is 10.2. The normalized spacial score (nSPS) is 16.5. The summed E-state index contributed by atoms with van der Waals surface area (Å²) in [5.41, 5.74) is 7.16. The highest BCUT2D eigenvalue weighted by molar-refractivity contribution is 5.76. The van der Waals surface area contributed by atoms with Gasteiger partial charge in [0.05, 0.1) is 11.0 Å². The van der Waals surface area contributed by atoms with Crippen LogP contribution in [-0.2, 0) is 4.79 Å². The highest BCUT2D eigenvalue weighted by Gasteiger charge is 2.25. The van der Waals surface area contributed by atoms with Crippen LogP contribution in [-0.4, -0.2) is 40.0 Å². The molecule has 0 atom stereocenters. The van der Waals surface area contributed by atoms with Gasteiger partial charge in [-0.05, 0) is 25.0 Å². The molecule has 1 fully saturated rings. The van der Waals surface area contributed by atoms with Crippen LogP contribution < -0.4 is 11.4 Å². The lowest BCUT2D eigenvalue weighted by molar-refractivity contribution is -0.132. The number of nitrogens with two attached hydrogens (primary N) is 1. The maximum absolute atomic E-state index is 12.2. The topological polar surface area (TPSA) is 84.1 Å². The molecule has 2 aromatic rings. The fourth-order valence-electron chi connectivity index (χ4n) is 3.09. The number of likely N-dealkylation sites (tertiary alicyclic amines) is 1. The number of nitrogens with one attached hydrogen (secondary N) is 1. The predicted octanol–water partition coefficient (Wildman–Crippen LogP) is 0.842. The minimum absolute atomic E-state index is 0.0667.